The number of likely N-dealkylation sites (tertiary alicyclic amines) is 1. The number of piperidine rings is 1. The summed E-state index contributed by atoms with van der Waals surface area (Å²) in [6.07, 6.45) is 1.13. The van der Waals surface area contributed by atoms with Crippen molar-refractivity contribution in [2.24, 2.45) is 11.8 Å². The fourth-order valence-electron chi connectivity index (χ4n) is 2.53. The van der Waals surface area contributed by atoms with Crippen LogP contribution in [0.5, 0.6) is 0 Å². The van der Waals surface area contributed by atoms with Gasteiger partial charge in [-0.1, -0.05) is 25.2 Å². The minimum Gasteiger partial charge on any atom is -0.337 e. The number of nitro groups is 1. The lowest BCUT2D eigenvalue weighted by Crippen LogP contribution is -2.42. The Morgan fingerprint density at radius 3 is 2.50 bits per heavy atom. The van der Waals surface area contributed by atoms with Crippen LogP contribution < -0.4 is 0 Å². The summed E-state index contributed by atoms with van der Waals surface area (Å²) in [5.74, 6) is 0.909. The summed E-state index contributed by atoms with van der Waals surface area (Å²) < 4.78 is 0. The van der Waals surface area contributed by atoms with E-state index < -0.39 is 4.92 Å². The summed E-state index contributed by atoms with van der Waals surface area (Å²) in [5.41, 5.74) is 0. The number of nitrogens with zero attached hydrogens (tertiary/aromatic N) is 2. The van der Waals surface area contributed by atoms with Gasteiger partial charge in [0.15, 0.2) is 0 Å². The van der Waals surface area contributed by atoms with Gasteiger partial charge in [-0.3, -0.25) is 14.9 Å². The largest absolute Gasteiger partial charge is 0.337 e. The van der Waals surface area contributed by atoms with Crippen LogP contribution in [0.2, 0.25) is 0 Å². The van der Waals surface area contributed by atoms with Crippen molar-refractivity contribution in [3.05, 3.63) is 27.1 Å². The van der Waals surface area contributed by atoms with E-state index in [0.717, 1.165) is 30.8 Å². The average Bonchev–Trinajstić information content (AvgIpc) is 2.75. The fourth-order valence-corrected chi connectivity index (χ4v) is 3.31. The van der Waals surface area contributed by atoms with Gasteiger partial charge < -0.3 is 4.90 Å². The molecule has 1 saturated heterocycles. The molecule has 1 fully saturated rings. The fraction of sp³-hybridized carbons (Fsp3) is 0.583. The van der Waals surface area contributed by atoms with Crippen molar-refractivity contribution < 1.29 is 9.72 Å². The zero-order chi connectivity index (χ0) is 13.3. The number of rotatable bonds is 2. The highest BCUT2D eigenvalue weighted by Crippen LogP contribution is 2.28. The van der Waals surface area contributed by atoms with Crippen molar-refractivity contribution in [3.63, 3.8) is 0 Å². The van der Waals surface area contributed by atoms with Gasteiger partial charge in [-0.05, 0) is 24.3 Å². The molecule has 1 aliphatic rings. The SMILES string of the molecule is C[C@@H]1C[C@H](C)CN(C(=O)c2ccc([N+](=O)[O-])s2)C1. The summed E-state index contributed by atoms with van der Waals surface area (Å²) in [7, 11) is 0. The molecule has 0 bridgehead atoms. The standard InChI is InChI=1S/C12H16N2O3S/c1-8-5-9(2)7-13(6-8)12(15)10-3-4-11(18-10)14(16)17/h3-4,8-9H,5-7H2,1-2H3/t8-,9+. The van der Waals surface area contributed by atoms with E-state index in [4.69, 9.17) is 0 Å². The maximum atomic E-state index is 12.2. The molecule has 2 rings (SSSR count). The zero-order valence-electron chi connectivity index (χ0n) is 10.5. The second-order valence-corrected chi connectivity index (χ2v) is 6.11. The van der Waals surface area contributed by atoms with Crippen molar-refractivity contribution in [2.45, 2.75) is 20.3 Å². The molecule has 98 valence electrons. The van der Waals surface area contributed by atoms with E-state index in [9.17, 15) is 14.9 Å². The molecule has 0 radical (unpaired) electrons. The molecule has 1 amide bonds. The lowest BCUT2D eigenvalue weighted by Gasteiger charge is -2.34. The number of amides is 1. The topological polar surface area (TPSA) is 63.5 Å². The third kappa shape index (κ3) is 2.69. The molecule has 1 aliphatic heterocycles. The zero-order valence-corrected chi connectivity index (χ0v) is 11.3. The van der Waals surface area contributed by atoms with Gasteiger partial charge >= 0.3 is 5.00 Å². The second-order valence-electron chi connectivity index (χ2n) is 5.05. The Balaban J connectivity index is 2.12. The first-order valence-electron chi connectivity index (χ1n) is 6.01. The maximum absolute atomic E-state index is 12.2. The molecule has 0 unspecified atom stereocenters. The predicted octanol–water partition coefficient (Wildman–Crippen LogP) is 2.77. The Kier molecular flexibility index (Phi) is 3.65. The third-order valence-corrected chi connectivity index (χ3v) is 4.16. The van der Waals surface area contributed by atoms with Crippen molar-refractivity contribution >= 4 is 22.2 Å². The van der Waals surface area contributed by atoms with E-state index >= 15 is 0 Å². The Morgan fingerprint density at radius 2 is 2.00 bits per heavy atom. The normalized spacial score (nSPS) is 24.0. The first-order chi connectivity index (χ1) is 8.47. The van der Waals surface area contributed by atoms with Crippen LogP contribution in [0, 0.1) is 22.0 Å². The summed E-state index contributed by atoms with van der Waals surface area (Å²) in [6, 6.07) is 2.95. The van der Waals surface area contributed by atoms with Crippen LogP contribution in [-0.4, -0.2) is 28.8 Å². The number of hydrogen-bond acceptors (Lipinski definition) is 4. The molecule has 0 saturated carbocycles. The van der Waals surface area contributed by atoms with Crippen LogP contribution in [0.25, 0.3) is 0 Å². The number of thiophene rings is 1. The van der Waals surface area contributed by atoms with Gasteiger partial charge in [0.1, 0.15) is 0 Å². The van der Waals surface area contributed by atoms with Crippen LogP contribution in [0.15, 0.2) is 12.1 Å². The quantitative estimate of drug-likeness (QED) is 0.612. The van der Waals surface area contributed by atoms with Crippen LogP contribution in [0.3, 0.4) is 0 Å². The van der Waals surface area contributed by atoms with E-state index in [1.54, 1.807) is 6.07 Å². The molecule has 1 aromatic heterocycles. The Hall–Kier alpha value is -1.43. The van der Waals surface area contributed by atoms with Gasteiger partial charge in [0.2, 0.25) is 0 Å². The van der Waals surface area contributed by atoms with Crippen molar-refractivity contribution in [2.75, 3.05) is 13.1 Å². The molecular formula is C12H16N2O3S. The lowest BCUT2D eigenvalue weighted by atomic mass is 9.92. The van der Waals surface area contributed by atoms with Crippen molar-refractivity contribution in [1.29, 1.82) is 0 Å². The first-order valence-corrected chi connectivity index (χ1v) is 6.82. The average molecular weight is 268 g/mol. The van der Waals surface area contributed by atoms with Crippen LogP contribution in [0.1, 0.15) is 29.9 Å². The van der Waals surface area contributed by atoms with E-state index in [2.05, 4.69) is 13.8 Å². The molecule has 0 aliphatic carbocycles. The summed E-state index contributed by atoms with van der Waals surface area (Å²) in [6.45, 7) is 5.75. The van der Waals surface area contributed by atoms with Crippen LogP contribution in [-0.2, 0) is 0 Å². The van der Waals surface area contributed by atoms with Crippen molar-refractivity contribution in [3.8, 4) is 0 Å². The van der Waals surface area contributed by atoms with Gasteiger partial charge in [-0.25, -0.2) is 0 Å². The van der Waals surface area contributed by atoms with E-state index in [1.807, 2.05) is 4.90 Å². The Labute approximate surface area is 110 Å². The number of carbonyl (C=O) groups excluding carboxylic acids is 1. The van der Waals surface area contributed by atoms with E-state index in [-0.39, 0.29) is 10.9 Å². The van der Waals surface area contributed by atoms with E-state index in [1.165, 1.54) is 6.07 Å². The first kappa shape index (κ1) is 13.0. The Bertz CT molecular complexity index is 462. The highest BCUT2D eigenvalue weighted by Gasteiger charge is 2.27. The van der Waals surface area contributed by atoms with Crippen LogP contribution in [0.4, 0.5) is 5.00 Å². The van der Waals surface area contributed by atoms with Crippen molar-refractivity contribution in [1.82, 2.24) is 4.90 Å². The molecule has 1 aromatic rings. The monoisotopic (exact) mass is 268 g/mol. The van der Waals surface area contributed by atoms with Gasteiger partial charge in [0, 0.05) is 19.2 Å². The predicted molar refractivity (Wildman–Crippen MR) is 69.8 cm³/mol. The van der Waals surface area contributed by atoms with Gasteiger partial charge in [-0.2, -0.15) is 0 Å². The van der Waals surface area contributed by atoms with E-state index in [0.29, 0.717) is 16.7 Å². The minimum absolute atomic E-state index is 0.0245. The van der Waals surface area contributed by atoms with Gasteiger partial charge in [0.05, 0.1) is 9.80 Å². The van der Waals surface area contributed by atoms with Gasteiger partial charge in [-0.15, -0.1) is 0 Å². The summed E-state index contributed by atoms with van der Waals surface area (Å²) in [4.78, 5) is 24.7. The highest BCUT2D eigenvalue weighted by molar-refractivity contribution is 7.17. The summed E-state index contributed by atoms with van der Waals surface area (Å²) >= 11 is 0.955. The molecule has 0 spiro atoms. The lowest BCUT2D eigenvalue weighted by molar-refractivity contribution is -0.380. The smallest absolute Gasteiger partial charge is 0.324 e. The maximum Gasteiger partial charge on any atom is 0.324 e. The molecule has 18 heavy (non-hydrogen) atoms. The molecular weight excluding hydrogens is 252 g/mol. The number of carbonyl (C=O) groups is 1. The molecule has 2 heterocycles. The Morgan fingerprint density at radius 1 is 1.39 bits per heavy atom. The molecule has 2 atom stereocenters. The third-order valence-electron chi connectivity index (χ3n) is 3.14. The second kappa shape index (κ2) is 5.06. The minimum atomic E-state index is -0.455. The number of hydrogen-bond donors (Lipinski definition) is 0. The highest BCUT2D eigenvalue weighted by atomic mass is 32.1. The molecule has 6 heteroatoms. The molecule has 5 nitrogen and oxygen atoms in total. The molecule has 0 N–H and O–H groups in total. The van der Waals surface area contributed by atoms with Crippen LogP contribution >= 0.6 is 11.3 Å². The molecule has 0 aromatic carbocycles. The van der Waals surface area contributed by atoms with Gasteiger partial charge in [0.25, 0.3) is 5.91 Å². The summed E-state index contributed by atoms with van der Waals surface area (Å²) in [5, 5.41) is 10.6.